The fourth-order valence-corrected chi connectivity index (χ4v) is 3.08. The number of rotatable bonds is 2. The van der Waals surface area contributed by atoms with Gasteiger partial charge in [-0.05, 0) is 60.8 Å². The molecule has 0 saturated carbocycles. The molecule has 3 rings (SSSR count). The standard InChI is InChI=1S/C18H21N.ClH/c1-14(15-10-12-19(2)13-11-15)17-9-5-7-16-6-3-4-8-18(16)17;/h3-9,15H,1,10-13H2,2H3;1H. The first-order chi connectivity index (χ1) is 9.25. The minimum absolute atomic E-state index is 0. The second-order valence-electron chi connectivity index (χ2n) is 5.63. The number of hydrogen-bond acceptors (Lipinski definition) is 1. The summed E-state index contributed by atoms with van der Waals surface area (Å²) >= 11 is 0. The van der Waals surface area contributed by atoms with Crippen molar-refractivity contribution in [2.24, 2.45) is 5.92 Å². The highest BCUT2D eigenvalue weighted by Gasteiger charge is 2.20. The largest absolute Gasteiger partial charge is 0.306 e. The van der Waals surface area contributed by atoms with Crippen molar-refractivity contribution in [1.82, 2.24) is 4.90 Å². The molecular weight excluding hydrogens is 266 g/mol. The Morgan fingerprint density at radius 2 is 1.70 bits per heavy atom. The smallest absolute Gasteiger partial charge is 0.00159 e. The molecule has 0 aromatic heterocycles. The van der Waals surface area contributed by atoms with Crippen LogP contribution in [0.2, 0.25) is 0 Å². The first-order valence-electron chi connectivity index (χ1n) is 7.11. The molecule has 1 saturated heterocycles. The third-order valence-corrected chi connectivity index (χ3v) is 4.35. The summed E-state index contributed by atoms with van der Waals surface area (Å²) in [6, 6.07) is 15.2. The number of benzene rings is 2. The van der Waals surface area contributed by atoms with Crippen LogP contribution in [0, 0.1) is 5.92 Å². The van der Waals surface area contributed by atoms with Crippen LogP contribution in [0.3, 0.4) is 0 Å². The molecule has 1 aliphatic heterocycles. The number of hydrogen-bond donors (Lipinski definition) is 0. The number of fused-ring (bicyclic) bond motifs is 1. The van der Waals surface area contributed by atoms with Gasteiger partial charge in [0.25, 0.3) is 0 Å². The predicted molar refractivity (Wildman–Crippen MR) is 90.5 cm³/mol. The Kier molecular flexibility index (Phi) is 4.85. The van der Waals surface area contributed by atoms with Crippen molar-refractivity contribution in [3.63, 3.8) is 0 Å². The molecular formula is C18H22ClN. The summed E-state index contributed by atoms with van der Waals surface area (Å²) in [6.45, 7) is 6.78. The molecule has 0 unspecified atom stereocenters. The van der Waals surface area contributed by atoms with E-state index in [1.807, 2.05) is 0 Å². The van der Waals surface area contributed by atoms with Crippen molar-refractivity contribution in [3.05, 3.63) is 54.6 Å². The average molecular weight is 288 g/mol. The first-order valence-corrected chi connectivity index (χ1v) is 7.11. The van der Waals surface area contributed by atoms with Gasteiger partial charge in [-0.1, -0.05) is 49.0 Å². The summed E-state index contributed by atoms with van der Waals surface area (Å²) in [5.41, 5.74) is 2.66. The van der Waals surface area contributed by atoms with Crippen molar-refractivity contribution in [3.8, 4) is 0 Å². The van der Waals surface area contributed by atoms with E-state index in [2.05, 4.69) is 61.0 Å². The van der Waals surface area contributed by atoms with Crippen LogP contribution in [0.25, 0.3) is 16.3 Å². The lowest BCUT2D eigenvalue weighted by Crippen LogP contribution is -2.30. The Morgan fingerprint density at radius 3 is 2.45 bits per heavy atom. The topological polar surface area (TPSA) is 3.24 Å². The normalized spacial score (nSPS) is 16.9. The molecule has 0 bridgehead atoms. The molecule has 1 aliphatic rings. The number of nitrogens with zero attached hydrogens (tertiary/aromatic N) is 1. The molecule has 1 fully saturated rings. The van der Waals surface area contributed by atoms with Gasteiger partial charge in [0.15, 0.2) is 0 Å². The van der Waals surface area contributed by atoms with Crippen LogP contribution < -0.4 is 0 Å². The zero-order chi connectivity index (χ0) is 13.2. The molecule has 0 atom stereocenters. The van der Waals surface area contributed by atoms with E-state index in [1.54, 1.807) is 0 Å². The first kappa shape index (κ1) is 15.1. The van der Waals surface area contributed by atoms with Gasteiger partial charge >= 0.3 is 0 Å². The highest BCUT2D eigenvalue weighted by atomic mass is 35.5. The fraction of sp³-hybridized carbons (Fsp3) is 0.333. The summed E-state index contributed by atoms with van der Waals surface area (Å²) in [4.78, 5) is 2.41. The second-order valence-corrected chi connectivity index (χ2v) is 5.63. The SMILES string of the molecule is C=C(c1cccc2ccccc12)C1CCN(C)CC1.Cl. The van der Waals surface area contributed by atoms with E-state index < -0.39 is 0 Å². The third kappa shape index (κ3) is 2.89. The molecule has 20 heavy (non-hydrogen) atoms. The zero-order valence-electron chi connectivity index (χ0n) is 12.0. The molecule has 0 amide bonds. The van der Waals surface area contributed by atoms with Gasteiger partial charge in [-0.3, -0.25) is 0 Å². The average Bonchev–Trinajstić information content (AvgIpc) is 2.47. The van der Waals surface area contributed by atoms with Crippen LogP contribution in [-0.4, -0.2) is 25.0 Å². The number of piperidine rings is 1. The Balaban J connectivity index is 0.00000147. The maximum atomic E-state index is 4.41. The van der Waals surface area contributed by atoms with Gasteiger partial charge in [0.2, 0.25) is 0 Å². The van der Waals surface area contributed by atoms with Crippen LogP contribution >= 0.6 is 12.4 Å². The van der Waals surface area contributed by atoms with Gasteiger partial charge in [0.1, 0.15) is 0 Å². The minimum Gasteiger partial charge on any atom is -0.306 e. The lowest BCUT2D eigenvalue weighted by Gasteiger charge is -2.30. The minimum atomic E-state index is 0. The van der Waals surface area contributed by atoms with Crippen molar-refractivity contribution < 1.29 is 0 Å². The fourth-order valence-electron chi connectivity index (χ4n) is 3.08. The van der Waals surface area contributed by atoms with Gasteiger partial charge < -0.3 is 4.90 Å². The summed E-state index contributed by atoms with van der Waals surface area (Å²) in [5.74, 6) is 0.641. The third-order valence-electron chi connectivity index (χ3n) is 4.35. The Bertz CT molecular complexity index is 592. The molecule has 2 aromatic rings. The van der Waals surface area contributed by atoms with Gasteiger partial charge in [0, 0.05) is 0 Å². The summed E-state index contributed by atoms with van der Waals surface area (Å²) in [5, 5.41) is 2.66. The number of halogens is 1. The van der Waals surface area contributed by atoms with Crippen molar-refractivity contribution in [2.45, 2.75) is 12.8 Å². The van der Waals surface area contributed by atoms with E-state index in [-0.39, 0.29) is 12.4 Å². The summed E-state index contributed by atoms with van der Waals surface area (Å²) in [6.07, 6.45) is 2.47. The molecule has 2 heteroatoms. The molecule has 1 nitrogen and oxygen atoms in total. The summed E-state index contributed by atoms with van der Waals surface area (Å²) in [7, 11) is 2.21. The van der Waals surface area contributed by atoms with Crippen molar-refractivity contribution in [2.75, 3.05) is 20.1 Å². The lowest BCUT2D eigenvalue weighted by molar-refractivity contribution is 0.248. The maximum Gasteiger partial charge on any atom is -0.00159 e. The van der Waals surface area contributed by atoms with Crippen LogP contribution in [0.5, 0.6) is 0 Å². The molecule has 106 valence electrons. The van der Waals surface area contributed by atoms with E-state index in [1.165, 1.54) is 47.8 Å². The van der Waals surface area contributed by atoms with Crippen LogP contribution in [0.4, 0.5) is 0 Å². The van der Waals surface area contributed by atoms with Gasteiger partial charge in [-0.2, -0.15) is 0 Å². The summed E-state index contributed by atoms with van der Waals surface area (Å²) < 4.78 is 0. The second kappa shape index (κ2) is 6.43. The molecule has 2 aromatic carbocycles. The Labute approximate surface area is 127 Å². The quantitative estimate of drug-likeness (QED) is 0.779. The van der Waals surface area contributed by atoms with E-state index >= 15 is 0 Å². The number of likely N-dealkylation sites (tertiary alicyclic amines) is 1. The number of allylic oxidation sites excluding steroid dienone is 1. The Morgan fingerprint density at radius 1 is 1.05 bits per heavy atom. The molecule has 0 aliphatic carbocycles. The Hall–Kier alpha value is -1.31. The molecule has 0 radical (unpaired) electrons. The molecule has 1 heterocycles. The van der Waals surface area contributed by atoms with Crippen molar-refractivity contribution in [1.29, 1.82) is 0 Å². The molecule has 0 N–H and O–H groups in total. The van der Waals surface area contributed by atoms with E-state index in [0.29, 0.717) is 5.92 Å². The van der Waals surface area contributed by atoms with E-state index in [0.717, 1.165) is 0 Å². The maximum absolute atomic E-state index is 4.41. The highest BCUT2D eigenvalue weighted by molar-refractivity contribution is 5.93. The monoisotopic (exact) mass is 287 g/mol. The van der Waals surface area contributed by atoms with Crippen LogP contribution in [-0.2, 0) is 0 Å². The lowest BCUT2D eigenvalue weighted by atomic mass is 9.84. The predicted octanol–water partition coefficient (Wildman–Crippen LogP) is 4.62. The van der Waals surface area contributed by atoms with Gasteiger partial charge in [-0.15, -0.1) is 12.4 Å². The van der Waals surface area contributed by atoms with Gasteiger partial charge in [-0.25, -0.2) is 0 Å². The highest BCUT2D eigenvalue weighted by Crippen LogP contribution is 2.33. The van der Waals surface area contributed by atoms with Gasteiger partial charge in [0.05, 0.1) is 0 Å². The van der Waals surface area contributed by atoms with Crippen molar-refractivity contribution >= 4 is 28.8 Å². The zero-order valence-corrected chi connectivity index (χ0v) is 12.8. The van der Waals surface area contributed by atoms with E-state index in [9.17, 15) is 0 Å². The molecule has 0 spiro atoms. The van der Waals surface area contributed by atoms with Crippen LogP contribution in [0.1, 0.15) is 18.4 Å². The van der Waals surface area contributed by atoms with E-state index in [4.69, 9.17) is 0 Å². The van der Waals surface area contributed by atoms with Crippen LogP contribution in [0.15, 0.2) is 49.0 Å².